The number of nitrogens with zero attached hydrogens (tertiary/aromatic N) is 4. The maximum absolute atomic E-state index is 7.24. The van der Waals surface area contributed by atoms with Crippen molar-refractivity contribution in [1.82, 2.24) is 14.9 Å². The van der Waals surface area contributed by atoms with E-state index in [1.54, 1.807) is 0 Å². The van der Waals surface area contributed by atoms with E-state index in [0.717, 1.165) is 74.1 Å². The fourth-order valence-electron chi connectivity index (χ4n) is 4.48. The molecule has 5 rings (SSSR count). The van der Waals surface area contributed by atoms with Gasteiger partial charge in [-0.05, 0) is 49.4 Å². The number of oxazole rings is 1. The van der Waals surface area contributed by atoms with Crippen molar-refractivity contribution in [3.05, 3.63) is 77.5 Å². The van der Waals surface area contributed by atoms with Gasteiger partial charge in [0.05, 0.1) is 6.57 Å². The molecule has 6 nitrogen and oxygen atoms in total. The number of fused-ring (bicyclic) bond motifs is 1. The summed E-state index contributed by atoms with van der Waals surface area (Å²) in [5.41, 5.74) is 5.14. The number of benzene rings is 2. The van der Waals surface area contributed by atoms with Gasteiger partial charge in [0.15, 0.2) is 5.69 Å². The van der Waals surface area contributed by atoms with E-state index in [-0.39, 0.29) is 0 Å². The highest BCUT2D eigenvalue weighted by Gasteiger charge is 2.22. The number of rotatable bonds is 6. The molecule has 162 valence electrons. The molecule has 0 atom stereocenters. The molecule has 1 aliphatic heterocycles. The summed E-state index contributed by atoms with van der Waals surface area (Å²) in [6.07, 6.45) is 4.21. The van der Waals surface area contributed by atoms with Crippen LogP contribution in [0.15, 0.2) is 59.1 Å². The Kier molecular flexibility index (Phi) is 5.66. The number of aryl methyl sites for hydroxylation is 2. The molecule has 0 unspecified atom stereocenters. The van der Waals surface area contributed by atoms with Crippen molar-refractivity contribution in [3.8, 4) is 11.3 Å². The third-order valence-electron chi connectivity index (χ3n) is 6.28. The summed E-state index contributed by atoms with van der Waals surface area (Å²) in [4.78, 5) is 16.4. The molecule has 0 spiro atoms. The van der Waals surface area contributed by atoms with Crippen molar-refractivity contribution in [2.24, 2.45) is 0 Å². The van der Waals surface area contributed by atoms with E-state index in [9.17, 15) is 0 Å². The van der Waals surface area contributed by atoms with E-state index in [0.29, 0.717) is 5.69 Å². The van der Waals surface area contributed by atoms with Gasteiger partial charge in [-0.3, -0.25) is 4.90 Å². The molecule has 1 fully saturated rings. The molecule has 2 aromatic carbocycles. The van der Waals surface area contributed by atoms with Crippen LogP contribution in [0.25, 0.3) is 27.0 Å². The molecule has 6 heteroatoms. The zero-order valence-corrected chi connectivity index (χ0v) is 18.3. The predicted octanol–water partition coefficient (Wildman–Crippen LogP) is 5.44. The summed E-state index contributed by atoms with van der Waals surface area (Å²) in [5.74, 6) is 0.869. The number of H-pyrrole nitrogens is 1. The van der Waals surface area contributed by atoms with Crippen molar-refractivity contribution < 1.29 is 4.42 Å². The van der Waals surface area contributed by atoms with Gasteiger partial charge in [0.25, 0.3) is 6.01 Å². The largest absolute Gasteiger partial charge is 0.428 e. The number of piperazine rings is 1. The highest BCUT2D eigenvalue weighted by molar-refractivity contribution is 5.86. The Labute approximate surface area is 188 Å². The first-order valence-corrected chi connectivity index (χ1v) is 11.2. The number of aromatic nitrogens is 2. The van der Waals surface area contributed by atoms with Gasteiger partial charge in [-0.2, -0.15) is 4.98 Å². The molecule has 0 radical (unpaired) electrons. The van der Waals surface area contributed by atoms with Gasteiger partial charge in [0.1, 0.15) is 11.5 Å². The second kappa shape index (κ2) is 8.89. The van der Waals surface area contributed by atoms with Crippen molar-refractivity contribution >= 4 is 22.6 Å². The molecule has 0 aliphatic carbocycles. The monoisotopic (exact) mass is 425 g/mol. The number of hydrogen-bond donors (Lipinski definition) is 1. The summed E-state index contributed by atoms with van der Waals surface area (Å²) in [7, 11) is 0. The average Bonchev–Trinajstić information content (AvgIpc) is 3.43. The van der Waals surface area contributed by atoms with Gasteiger partial charge < -0.3 is 14.3 Å². The molecule has 4 aromatic rings. The lowest BCUT2D eigenvalue weighted by Gasteiger charge is -2.33. The van der Waals surface area contributed by atoms with Crippen LogP contribution in [0.5, 0.6) is 0 Å². The fraction of sp³-hybridized carbons (Fsp3) is 0.308. The summed E-state index contributed by atoms with van der Waals surface area (Å²) in [5, 5.41) is 1.18. The molecule has 0 saturated carbocycles. The first-order chi connectivity index (χ1) is 15.7. The molecular formula is C26H27N5O. The smallest absolute Gasteiger partial charge is 0.298 e. The first kappa shape index (κ1) is 20.3. The van der Waals surface area contributed by atoms with E-state index in [4.69, 9.17) is 16.0 Å². The quantitative estimate of drug-likeness (QED) is 0.418. The van der Waals surface area contributed by atoms with Crippen molar-refractivity contribution in [2.75, 3.05) is 37.6 Å². The normalized spacial score (nSPS) is 14.7. The minimum absolute atomic E-state index is 0.701. The van der Waals surface area contributed by atoms with Crippen LogP contribution in [0, 0.1) is 13.5 Å². The first-order valence-electron chi connectivity index (χ1n) is 11.2. The van der Waals surface area contributed by atoms with E-state index in [1.165, 1.54) is 10.9 Å². The Morgan fingerprint density at radius 3 is 2.69 bits per heavy atom. The molecule has 1 aliphatic rings. The third-order valence-corrected chi connectivity index (χ3v) is 6.28. The van der Waals surface area contributed by atoms with Crippen LogP contribution >= 0.6 is 0 Å². The van der Waals surface area contributed by atoms with Crippen LogP contribution in [-0.4, -0.2) is 47.6 Å². The molecule has 2 aromatic heterocycles. The Balaban J connectivity index is 1.15. The topological polar surface area (TPSA) is 52.7 Å². The zero-order chi connectivity index (χ0) is 21.9. The van der Waals surface area contributed by atoms with Gasteiger partial charge in [-0.25, -0.2) is 4.85 Å². The van der Waals surface area contributed by atoms with Crippen LogP contribution in [0.2, 0.25) is 0 Å². The number of anilines is 1. The highest BCUT2D eigenvalue weighted by Crippen LogP contribution is 2.28. The minimum atomic E-state index is 0.701. The van der Waals surface area contributed by atoms with Gasteiger partial charge in [0.2, 0.25) is 0 Å². The van der Waals surface area contributed by atoms with E-state index < -0.39 is 0 Å². The summed E-state index contributed by atoms with van der Waals surface area (Å²) >= 11 is 0. The SMILES string of the molecule is [C-]#[N+]c1ccc2[nH]cc(CCCN3CCN(c4nc(-c5ccccc5)c(C)o4)CC3)c2c1. The van der Waals surface area contributed by atoms with Gasteiger partial charge in [0, 0.05) is 43.5 Å². The van der Waals surface area contributed by atoms with Gasteiger partial charge in [-0.1, -0.05) is 36.4 Å². The molecule has 0 bridgehead atoms. The van der Waals surface area contributed by atoms with Crippen molar-refractivity contribution in [3.63, 3.8) is 0 Å². The number of aromatic amines is 1. The molecular weight excluding hydrogens is 398 g/mol. The second-order valence-electron chi connectivity index (χ2n) is 8.36. The summed E-state index contributed by atoms with van der Waals surface area (Å²) < 4.78 is 6.01. The minimum Gasteiger partial charge on any atom is -0.428 e. The van der Waals surface area contributed by atoms with Crippen LogP contribution in [0.3, 0.4) is 0 Å². The molecule has 1 N–H and O–H groups in total. The Hall–Kier alpha value is -3.56. The molecule has 32 heavy (non-hydrogen) atoms. The number of nitrogens with one attached hydrogen (secondary N) is 1. The lowest BCUT2D eigenvalue weighted by Crippen LogP contribution is -2.46. The van der Waals surface area contributed by atoms with Crippen LogP contribution in [0.1, 0.15) is 17.7 Å². The van der Waals surface area contributed by atoms with E-state index in [2.05, 4.69) is 38.0 Å². The Morgan fingerprint density at radius 1 is 1.09 bits per heavy atom. The standard InChI is InChI=1S/C26H27N5O/c1-19-25(20-7-4-3-5-8-20)29-26(32-19)31-15-13-30(14-16-31)12-6-9-21-18-28-24-11-10-22(27-2)17-23(21)24/h3-5,7-8,10-11,17-18,28H,6,9,12-16H2,1H3. The van der Waals surface area contributed by atoms with Crippen LogP contribution in [-0.2, 0) is 6.42 Å². The van der Waals surface area contributed by atoms with E-state index >= 15 is 0 Å². The lowest BCUT2D eigenvalue weighted by atomic mass is 10.1. The summed E-state index contributed by atoms with van der Waals surface area (Å²) in [6.45, 7) is 14.2. The Morgan fingerprint density at radius 2 is 1.91 bits per heavy atom. The predicted molar refractivity (Wildman–Crippen MR) is 128 cm³/mol. The highest BCUT2D eigenvalue weighted by atomic mass is 16.4. The van der Waals surface area contributed by atoms with Gasteiger partial charge >= 0.3 is 0 Å². The molecule has 0 amide bonds. The lowest BCUT2D eigenvalue weighted by molar-refractivity contribution is 0.250. The van der Waals surface area contributed by atoms with Crippen molar-refractivity contribution in [2.45, 2.75) is 19.8 Å². The zero-order valence-electron chi connectivity index (χ0n) is 18.3. The van der Waals surface area contributed by atoms with E-state index in [1.807, 2.05) is 43.3 Å². The van der Waals surface area contributed by atoms with Gasteiger partial charge in [-0.15, -0.1) is 0 Å². The average molecular weight is 426 g/mol. The van der Waals surface area contributed by atoms with Crippen molar-refractivity contribution in [1.29, 1.82) is 0 Å². The maximum atomic E-state index is 7.24. The summed E-state index contributed by atoms with van der Waals surface area (Å²) in [6, 6.07) is 16.8. The Bertz CT molecular complexity index is 1240. The third kappa shape index (κ3) is 4.12. The second-order valence-corrected chi connectivity index (χ2v) is 8.36. The maximum Gasteiger partial charge on any atom is 0.298 e. The fourth-order valence-corrected chi connectivity index (χ4v) is 4.48. The number of hydrogen-bond acceptors (Lipinski definition) is 4. The molecule has 1 saturated heterocycles. The molecule has 3 heterocycles. The van der Waals surface area contributed by atoms with Crippen LogP contribution in [0.4, 0.5) is 11.7 Å². The van der Waals surface area contributed by atoms with Crippen LogP contribution < -0.4 is 4.90 Å².